The van der Waals surface area contributed by atoms with Gasteiger partial charge in [0.2, 0.25) is 0 Å². The Hall–Kier alpha value is -3.53. The van der Waals surface area contributed by atoms with Crippen molar-refractivity contribution in [2.75, 3.05) is 26.7 Å². The lowest BCUT2D eigenvalue weighted by atomic mass is 9.56. The molecule has 2 unspecified atom stereocenters. The van der Waals surface area contributed by atoms with Crippen molar-refractivity contribution in [3.8, 4) is 11.5 Å². The number of benzene rings is 2. The summed E-state index contributed by atoms with van der Waals surface area (Å²) in [6.45, 7) is 2.68. The predicted octanol–water partition coefficient (Wildman–Crippen LogP) is 4.85. The quantitative estimate of drug-likeness (QED) is 0.479. The number of halogens is 3. The molecule has 0 bridgehead atoms. The third-order valence-corrected chi connectivity index (χ3v) is 8.79. The van der Waals surface area contributed by atoms with Crippen molar-refractivity contribution in [3.63, 3.8) is 0 Å². The van der Waals surface area contributed by atoms with Crippen molar-refractivity contribution in [3.05, 3.63) is 70.9 Å². The maximum absolute atomic E-state index is 14.0. The van der Waals surface area contributed by atoms with E-state index >= 15 is 0 Å². The predicted molar refractivity (Wildman–Crippen MR) is 146 cm³/mol. The summed E-state index contributed by atoms with van der Waals surface area (Å²) in [5.41, 5.74) is 1.18. The number of rotatable bonds is 6. The van der Waals surface area contributed by atoms with Crippen molar-refractivity contribution < 1.29 is 37.3 Å². The summed E-state index contributed by atoms with van der Waals surface area (Å²) in [7, 11) is 1.60. The molecule has 0 radical (unpaired) electrons. The summed E-state index contributed by atoms with van der Waals surface area (Å²) in [5, 5.41) is 13.8. The molecule has 2 fully saturated rings. The maximum atomic E-state index is 14.0. The third kappa shape index (κ3) is 5.66. The molecule has 0 aromatic heterocycles. The van der Waals surface area contributed by atoms with Gasteiger partial charge in [-0.15, -0.1) is 0 Å². The van der Waals surface area contributed by atoms with Crippen LogP contribution in [0.25, 0.3) is 0 Å². The molecule has 0 amide bonds. The van der Waals surface area contributed by atoms with E-state index < -0.39 is 36.1 Å². The van der Waals surface area contributed by atoms with E-state index in [9.17, 15) is 27.9 Å². The Morgan fingerprint density at radius 2 is 1.95 bits per heavy atom. The number of hydrogen-bond acceptors (Lipinski definition) is 7. The molecule has 41 heavy (non-hydrogen) atoms. The topological polar surface area (TPSA) is 88.1 Å². The Bertz CT molecular complexity index is 1360. The summed E-state index contributed by atoms with van der Waals surface area (Å²) in [6.07, 6.45) is -3.89. The summed E-state index contributed by atoms with van der Waals surface area (Å²) < 4.78 is 50.1. The Balaban J connectivity index is 1.49. The third-order valence-electron chi connectivity index (χ3n) is 8.79. The van der Waals surface area contributed by atoms with E-state index in [-0.39, 0.29) is 55.0 Å². The van der Waals surface area contributed by atoms with Gasteiger partial charge in [-0.1, -0.05) is 37.3 Å². The van der Waals surface area contributed by atoms with Gasteiger partial charge in [0.05, 0.1) is 25.1 Å². The van der Waals surface area contributed by atoms with E-state index in [0.717, 1.165) is 5.56 Å². The van der Waals surface area contributed by atoms with Crippen LogP contribution in [-0.4, -0.2) is 66.8 Å². The molecule has 1 saturated carbocycles. The molecule has 1 aliphatic carbocycles. The molecule has 0 spiro atoms. The van der Waals surface area contributed by atoms with Crippen molar-refractivity contribution in [2.45, 2.75) is 62.8 Å². The van der Waals surface area contributed by atoms with Gasteiger partial charge in [0, 0.05) is 36.7 Å². The first-order valence-electron chi connectivity index (χ1n) is 13.8. The van der Waals surface area contributed by atoms with Crippen LogP contribution in [0.1, 0.15) is 50.2 Å². The van der Waals surface area contributed by atoms with E-state index in [1.807, 2.05) is 31.2 Å². The van der Waals surface area contributed by atoms with Crippen LogP contribution >= 0.6 is 0 Å². The van der Waals surface area contributed by atoms with Crippen molar-refractivity contribution in [1.29, 1.82) is 0 Å². The number of methoxy groups -OCH3 is 1. The van der Waals surface area contributed by atoms with Crippen molar-refractivity contribution in [1.82, 2.24) is 10.2 Å². The van der Waals surface area contributed by atoms with Crippen LogP contribution in [0.5, 0.6) is 11.5 Å². The van der Waals surface area contributed by atoms with E-state index in [2.05, 4.69) is 5.32 Å². The molecule has 2 N–H and O–H groups in total. The second-order valence-electron chi connectivity index (χ2n) is 11.5. The zero-order valence-electron chi connectivity index (χ0n) is 23.3. The number of phenolic OH excluding ortho intramolecular Hbond substituents is 1. The van der Waals surface area contributed by atoms with Gasteiger partial charge in [-0.3, -0.25) is 9.69 Å². The zero-order valence-corrected chi connectivity index (χ0v) is 23.3. The molecule has 5 rings (SSSR count). The SMILES string of the molecule is COc1ccccc1[C@H]1CC(=O)C2C(C1)NC(C)=C(C(=O)O[C@@H]1CCN(CC(F)(F)F)C1)[C@]2(C)c1cccc(O)c1. The molecule has 2 aliphatic heterocycles. The fraction of sp³-hybridized carbons (Fsp3) is 0.484. The first-order valence-corrected chi connectivity index (χ1v) is 13.8. The molecule has 10 heteroatoms. The number of carbonyl (C=O) groups excluding carboxylic acids is 2. The number of carbonyl (C=O) groups is 2. The highest BCUT2D eigenvalue weighted by Crippen LogP contribution is 2.52. The number of fused-ring (bicyclic) bond motifs is 1. The fourth-order valence-corrected chi connectivity index (χ4v) is 7.14. The van der Waals surface area contributed by atoms with Gasteiger partial charge in [0.1, 0.15) is 23.4 Å². The van der Waals surface area contributed by atoms with E-state index in [0.29, 0.717) is 23.4 Å². The van der Waals surface area contributed by atoms with Gasteiger partial charge < -0.3 is 19.9 Å². The normalized spacial score (nSPS) is 28.7. The van der Waals surface area contributed by atoms with Crippen LogP contribution in [0, 0.1) is 5.92 Å². The van der Waals surface area contributed by atoms with Gasteiger partial charge in [-0.2, -0.15) is 13.2 Å². The Morgan fingerprint density at radius 1 is 1.20 bits per heavy atom. The minimum Gasteiger partial charge on any atom is -0.508 e. The van der Waals surface area contributed by atoms with Crippen LogP contribution in [0.15, 0.2) is 59.8 Å². The molecule has 7 nitrogen and oxygen atoms in total. The van der Waals surface area contributed by atoms with Crippen LogP contribution in [0.4, 0.5) is 13.2 Å². The summed E-state index contributed by atoms with van der Waals surface area (Å²) in [5.74, 6) is -0.740. The second kappa shape index (κ2) is 11.0. The van der Waals surface area contributed by atoms with Crippen LogP contribution in [0.2, 0.25) is 0 Å². The summed E-state index contributed by atoms with van der Waals surface area (Å²) in [6, 6.07) is 13.8. The largest absolute Gasteiger partial charge is 0.508 e. The second-order valence-corrected chi connectivity index (χ2v) is 11.5. The lowest BCUT2D eigenvalue weighted by Gasteiger charge is -2.50. The Kier molecular flexibility index (Phi) is 7.80. The molecule has 2 heterocycles. The van der Waals surface area contributed by atoms with E-state index in [1.54, 1.807) is 32.2 Å². The first-order chi connectivity index (χ1) is 19.4. The number of nitrogens with zero attached hydrogens (tertiary/aromatic N) is 1. The van der Waals surface area contributed by atoms with Gasteiger partial charge in [-0.05, 0) is 55.0 Å². The van der Waals surface area contributed by atoms with Crippen LogP contribution in [0.3, 0.4) is 0 Å². The lowest BCUT2D eigenvalue weighted by molar-refractivity contribution is -0.148. The lowest BCUT2D eigenvalue weighted by Crippen LogP contribution is -2.59. The number of hydrogen-bond donors (Lipinski definition) is 2. The number of esters is 1. The summed E-state index contributed by atoms with van der Waals surface area (Å²) >= 11 is 0. The number of ether oxygens (including phenoxy) is 2. The molecule has 3 aliphatic rings. The van der Waals surface area contributed by atoms with Gasteiger partial charge in [0.25, 0.3) is 0 Å². The molecule has 220 valence electrons. The van der Waals surface area contributed by atoms with Gasteiger partial charge >= 0.3 is 12.1 Å². The van der Waals surface area contributed by atoms with Crippen molar-refractivity contribution in [2.24, 2.45) is 5.92 Å². The Labute approximate surface area is 237 Å². The number of allylic oxidation sites excluding steroid dienone is 1. The van der Waals surface area contributed by atoms with Gasteiger partial charge in [-0.25, -0.2) is 4.79 Å². The molecule has 1 saturated heterocycles. The number of phenols is 1. The highest BCUT2D eigenvalue weighted by Gasteiger charge is 2.56. The molecular formula is C31H35F3N2O5. The number of para-hydroxylation sites is 1. The average Bonchev–Trinajstić information content (AvgIpc) is 3.32. The zero-order chi connectivity index (χ0) is 29.5. The summed E-state index contributed by atoms with van der Waals surface area (Å²) in [4.78, 5) is 29.1. The van der Waals surface area contributed by atoms with Crippen LogP contribution in [-0.2, 0) is 19.7 Å². The van der Waals surface area contributed by atoms with E-state index in [4.69, 9.17) is 9.47 Å². The highest BCUT2D eigenvalue weighted by molar-refractivity contribution is 5.97. The fourth-order valence-electron chi connectivity index (χ4n) is 7.14. The monoisotopic (exact) mass is 572 g/mol. The minimum absolute atomic E-state index is 0.00193. The number of aromatic hydroxyl groups is 1. The molecular weight excluding hydrogens is 537 g/mol. The molecule has 2 aromatic rings. The molecule has 2 aromatic carbocycles. The van der Waals surface area contributed by atoms with Gasteiger partial charge in [0.15, 0.2) is 0 Å². The average molecular weight is 573 g/mol. The number of nitrogens with one attached hydrogen (secondary N) is 1. The van der Waals surface area contributed by atoms with Crippen LogP contribution < -0.4 is 10.1 Å². The Morgan fingerprint density at radius 3 is 2.66 bits per heavy atom. The molecule has 5 atom stereocenters. The first kappa shape index (κ1) is 29.0. The van der Waals surface area contributed by atoms with Crippen molar-refractivity contribution >= 4 is 11.8 Å². The smallest absolute Gasteiger partial charge is 0.401 e. The maximum Gasteiger partial charge on any atom is 0.401 e. The number of alkyl halides is 3. The highest BCUT2D eigenvalue weighted by atomic mass is 19.4. The number of ketones is 1. The number of likely N-dealkylation sites (tertiary alicyclic amines) is 1. The number of Topliss-reactive ketones (excluding diaryl/α,β-unsaturated/α-hetero) is 1. The minimum atomic E-state index is -4.34. The van der Waals surface area contributed by atoms with E-state index in [1.165, 1.54) is 11.0 Å². The standard InChI is InChI=1S/C31H35F3N2O5/c1-18-27(29(39)41-22-11-12-36(16-22)17-31(32,33)34)30(2,20-7-6-8-21(37)15-20)28-24(35-18)13-19(14-25(28)38)23-9-4-5-10-26(23)40-3/h4-10,15,19,22,24,28,35,37H,11-14,16-17H2,1-3H3/t19-,22-,24?,28?,30+/m1/s1.